The topological polar surface area (TPSA) is 33.0 Å². The molecule has 0 spiro atoms. The predicted octanol–water partition coefficient (Wildman–Crippen LogP) is 4.67. The Morgan fingerprint density at radius 1 is 1.24 bits per heavy atom. The van der Waals surface area contributed by atoms with Crippen molar-refractivity contribution in [3.63, 3.8) is 0 Å². The third-order valence-corrected chi connectivity index (χ3v) is 3.06. The highest BCUT2D eigenvalue weighted by molar-refractivity contribution is 9.10. The van der Waals surface area contributed by atoms with Crippen LogP contribution in [0.4, 0.5) is 0 Å². The molecule has 1 aromatic rings. The van der Waals surface area contributed by atoms with Crippen molar-refractivity contribution in [1.82, 2.24) is 0 Å². The quantitative estimate of drug-likeness (QED) is 0.685. The standard InChI is InChI=1S/C14H18BrNO/c1-2-3-4-5-6-9-17-14-10-13(15)8-7-12(14)11-16/h7-8,10H,2-6,9H2,1H3. The van der Waals surface area contributed by atoms with E-state index in [9.17, 15) is 0 Å². The summed E-state index contributed by atoms with van der Waals surface area (Å²) in [6, 6.07) is 7.62. The Morgan fingerprint density at radius 2 is 2.00 bits per heavy atom. The molecule has 0 aliphatic heterocycles. The maximum atomic E-state index is 8.94. The molecule has 0 unspecified atom stereocenters. The Kier molecular flexibility index (Phi) is 6.73. The lowest BCUT2D eigenvalue weighted by Gasteiger charge is -2.08. The van der Waals surface area contributed by atoms with Crippen LogP contribution in [0.2, 0.25) is 0 Å². The van der Waals surface area contributed by atoms with Gasteiger partial charge in [-0.25, -0.2) is 0 Å². The molecule has 0 atom stereocenters. The molecule has 0 bridgehead atoms. The van der Waals surface area contributed by atoms with Gasteiger partial charge >= 0.3 is 0 Å². The second-order valence-electron chi connectivity index (χ2n) is 4.01. The van der Waals surface area contributed by atoms with Crippen LogP contribution < -0.4 is 4.74 Å². The summed E-state index contributed by atoms with van der Waals surface area (Å²) >= 11 is 3.38. The molecule has 92 valence electrons. The lowest BCUT2D eigenvalue weighted by Crippen LogP contribution is -1.99. The molecule has 0 aromatic heterocycles. The highest BCUT2D eigenvalue weighted by atomic mass is 79.9. The van der Waals surface area contributed by atoms with Crippen LogP contribution in [0.15, 0.2) is 22.7 Å². The van der Waals surface area contributed by atoms with Crippen LogP contribution in [-0.4, -0.2) is 6.61 Å². The van der Waals surface area contributed by atoms with Crippen molar-refractivity contribution in [2.75, 3.05) is 6.61 Å². The molecule has 0 fully saturated rings. The molecule has 0 heterocycles. The zero-order valence-corrected chi connectivity index (χ0v) is 11.8. The van der Waals surface area contributed by atoms with Crippen LogP contribution >= 0.6 is 15.9 Å². The monoisotopic (exact) mass is 295 g/mol. The van der Waals surface area contributed by atoms with E-state index in [-0.39, 0.29) is 0 Å². The molecule has 0 N–H and O–H groups in total. The van der Waals surface area contributed by atoms with E-state index < -0.39 is 0 Å². The first-order valence-corrected chi connectivity index (χ1v) is 6.89. The maximum Gasteiger partial charge on any atom is 0.138 e. The van der Waals surface area contributed by atoms with Gasteiger partial charge in [0.2, 0.25) is 0 Å². The van der Waals surface area contributed by atoms with Gasteiger partial charge in [0.1, 0.15) is 11.8 Å². The van der Waals surface area contributed by atoms with E-state index in [4.69, 9.17) is 10.00 Å². The van der Waals surface area contributed by atoms with Gasteiger partial charge in [0.25, 0.3) is 0 Å². The smallest absolute Gasteiger partial charge is 0.138 e. The normalized spacial score (nSPS) is 9.94. The largest absolute Gasteiger partial charge is 0.492 e. The Morgan fingerprint density at radius 3 is 2.71 bits per heavy atom. The van der Waals surface area contributed by atoms with E-state index in [2.05, 4.69) is 28.9 Å². The summed E-state index contributed by atoms with van der Waals surface area (Å²) in [5.74, 6) is 0.678. The summed E-state index contributed by atoms with van der Waals surface area (Å²) in [6.07, 6.45) is 6.07. The molecule has 1 aromatic carbocycles. The fraction of sp³-hybridized carbons (Fsp3) is 0.500. The molecular weight excluding hydrogens is 278 g/mol. The number of halogens is 1. The SMILES string of the molecule is CCCCCCCOc1cc(Br)ccc1C#N. The first kappa shape index (κ1) is 14.1. The highest BCUT2D eigenvalue weighted by Crippen LogP contribution is 2.23. The number of unbranched alkanes of at least 4 members (excludes halogenated alkanes) is 4. The number of hydrogen-bond donors (Lipinski definition) is 0. The van der Waals surface area contributed by atoms with Crippen molar-refractivity contribution in [3.05, 3.63) is 28.2 Å². The predicted molar refractivity (Wildman–Crippen MR) is 73.1 cm³/mol. The molecule has 0 aliphatic carbocycles. The van der Waals surface area contributed by atoms with E-state index in [0.29, 0.717) is 17.9 Å². The van der Waals surface area contributed by atoms with Gasteiger partial charge < -0.3 is 4.74 Å². The lowest BCUT2D eigenvalue weighted by molar-refractivity contribution is 0.303. The summed E-state index contributed by atoms with van der Waals surface area (Å²) in [6.45, 7) is 2.89. The van der Waals surface area contributed by atoms with Gasteiger partial charge in [0, 0.05) is 4.47 Å². The van der Waals surface area contributed by atoms with Crippen LogP contribution in [0.1, 0.15) is 44.6 Å². The van der Waals surface area contributed by atoms with Gasteiger partial charge in [-0.2, -0.15) is 5.26 Å². The third kappa shape index (κ3) is 5.23. The molecule has 0 saturated carbocycles. The molecule has 0 radical (unpaired) electrons. The molecule has 0 aliphatic rings. The zero-order valence-electron chi connectivity index (χ0n) is 10.2. The van der Waals surface area contributed by atoms with Crippen LogP contribution in [0, 0.1) is 11.3 Å². The second-order valence-corrected chi connectivity index (χ2v) is 4.93. The van der Waals surface area contributed by atoms with Gasteiger partial charge in [-0.1, -0.05) is 48.5 Å². The van der Waals surface area contributed by atoms with E-state index >= 15 is 0 Å². The molecule has 17 heavy (non-hydrogen) atoms. The first-order valence-electron chi connectivity index (χ1n) is 6.10. The summed E-state index contributed by atoms with van der Waals surface area (Å²) in [5, 5.41) is 8.94. The van der Waals surface area contributed by atoms with Crippen LogP contribution in [0.3, 0.4) is 0 Å². The Balaban J connectivity index is 2.36. The van der Waals surface area contributed by atoms with E-state index in [0.717, 1.165) is 10.9 Å². The minimum Gasteiger partial charge on any atom is -0.492 e. The average molecular weight is 296 g/mol. The van der Waals surface area contributed by atoms with Crippen molar-refractivity contribution in [1.29, 1.82) is 5.26 Å². The van der Waals surface area contributed by atoms with Crippen LogP contribution in [0.25, 0.3) is 0 Å². The fourth-order valence-electron chi connectivity index (χ4n) is 1.60. The van der Waals surface area contributed by atoms with Crippen LogP contribution in [0.5, 0.6) is 5.75 Å². The van der Waals surface area contributed by atoms with Gasteiger partial charge in [-0.05, 0) is 24.6 Å². The first-order chi connectivity index (χ1) is 8.27. The van der Waals surface area contributed by atoms with Crippen molar-refractivity contribution in [2.45, 2.75) is 39.0 Å². The molecule has 0 amide bonds. The Labute approximate surface area is 112 Å². The van der Waals surface area contributed by atoms with E-state index in [1.807, 2.05) is 12.1 Å². The van der Waals surface area contributed by atoms with Crippen molar-refractivity contribution >= 4 is 15.9 Å². The number of benzene rings is 1. The third-order valence-electron chi connectivity index (χ3n) is 2.57. The average Bonchev–Trinajstić information content (AvgIpc) is 2.34. The number of ether oxygens (including phenoxy) is 1. The molecule has 0 saturated heterocycles. The van der Waals surface area contributed by atoms with Crippen molar-refractivity contribution < 1.29 is 4.74 Å². The molecular formula is C14H18BrNO. The summed E-state index contributed by atoms with van der Waals surface area (Å²) < 4.78 is 6.58. The lowest BCUT2D eigenvalue weighted by atomic mass is 10.2. The Bertz CT molecular complexity index is 384. The molecule has 3 heteroatoms. The van der Waals surface area contributed by atoms with Gasteiger partial charge in [0.05, 0.1) is 12.2 Å². The van der Waals surface area contributed by atoms with Crippen LogP contribution in [-0.2, 0) is 0 Å². The maximum absolute atomic E-state index is 8.94. The summed E-state index contributed by atoms with van der Waals surface area (Å²) in [4.78, 5) is 0. The number of nitriles is 1. The van der Waals surface area contributed by atoms with Gasteiger partial charge in [-0.15, -0.1) is 0 Å². The highest BCUT2D eigenvalue weighted by Gasteiger charge is 2.03. The van der Waals surface area contributed by atoms with Gasteiger partial charge in [-0.3, -0.25) is 0 Å². The van der Waals surface area contributed by atoms with E-state index in [1.54, 1.807) is 6.07 Å². The van der Waals surface area contributed by atoms with Gasteiger partial charge in [0.15, 0.2) is 0 Å². The zero-order chi connectivity index (χ0) is 12.5. The van der Waals surface area contributed by atoms with Crippen molar-refractivity contribution in [3.8, 4) is 11.8 Å². The Hall–Kier alpha value is -1.01. The molecule has 2 nitrogen and oxygen atoms in total. The minimum absolute atomic E-state index is 0.599. The number of nitrogens with zero attached hydrogens (tertiary/aromatic N) is 1. The number of hydrogen-bond acceptors (Lipinski definition) is 2. The summed E-state index contributed by atoms with van der Waals surface area (Å²) in [5.41, 5.74) is 0.599. The van der Waals surface area contributed by atoms with Crippen molar-refractivity contribution in [2.24, 2.45) is 0 Å². The number of rotatable bonds is 7. The second kappa shape index (κ2) is 8.14. The molecule has 1 rings (SSSR count). The minimum atomic E-state index is 0.599. The fourth-order valence-corrected chi connectivity index (χ4v) is 1.94. The van der Waals surface area contributed by atoms with E-state index in [1.165, 1.54) is 25.7 Å². The summed E-state index contributed by atoms with van der Waals surface area (Å²) in [7, 11) is 0.